The van der Waals surface area contributed by atoms with Gasteiger partial charge in [-0.05, 0) is 119 Å². The van der Waals surface area contributed by atoms with E-state index >= 15 is 0 Å². The van der Waals surface area contributed by atoms with Gasteiger partial charge >= 0.3 is 0 Å². The smallest absolute Gasteiger partial charge is 0.261 e. The third kappa shape index (κ3) is 6.05. The number of hydrogen-bond donors (Lipinski definition) is 1. The highest BCUT2D eigenvalue weighted by atomic mass is 32.2. The predicted octanol–water partition coefficient (Wildman–Crippen LogP) is 8.45. The summed E-state index contributed by atoms with van der Waals surface area (Å²) in [5, 5.41) is 2.76. The molecule has 0 bridgehead atoms. The van der Waals surface area contributed by atoms with Crippen LogP contribution in [0.5, 0.6) is 5.75 Å². The van der Waals surface area contributed by atoms with E-state index in [4.69, 9.17) is 18.8 Å². The zero-order valence-corrected chi connectivity index (χ0v) is 29.5. The zero-order valence-electron chi connectivity index (χ0n) is 27.7. The van der Waals surface area contributed by atoms with Crippen molar-refractivity contribution >= 4 is 31.0 Å². The Labute approximate surface area is 276 Å². The van der Waals surface area contributed by atoms with Gasteiger partial charge in [0.25, 0.3) is 20.6 Å². The van der Waals surface area contributed by atoms with E-state index in [1.165, 1.54) is 53.6 Å². The Morgan fingerprint density at radius 1 is 0.933 bits per heavy atom. The Kier molecular flexibility index (Phi) is 9.87. The molecule has 0 heterocycles. The topological polar surface area (TPSA) is 62.9 Å². The van der Waals surface area contributed by atoms with Crippen LogP contribution in [0, 0.1) is 23.2 Å². The Bertz CT molecular complexity index is 1390. The highest BCUT2D eigenvalue weighted by Gasteiger charge is 2.55. The summed E-state index contributed by atoms with van der Waals surface area (Å²) in [4.78, 5) is 4.21. The second-order valence-corrected chi connectivity index (χ2v) is 19.6. The summed E-state index contributed by atoms with van der Waals surface area (Å²) in [6, 6.07) is 26.9. The molecule has 0 aromatic heterocycles. The van der Waals surface area contributed by atoms with E-state index in [0.717, 1.165) is 55.8 Å². The first-order chi connectivity index (χ1) is 21.7. The Morgan fingerprint density at radius 2 is 1.62 bits per heavy atom. The van der Waals surface area contributed by atoms with Gasteiger partial charge in [-0.3, -0.25) is 0 Å². The molecular weight excluding hydrogens is 595 g/mol. The van der Waals surface area contributed by atoms with Gasteiger partial charge in [0.05, 0.1) is 0 Å². The molecule has 3 aliphatic carbocycles. The minimum absolute atomic E-state index is 0.0114. The molecule has 3 aromatic rings. The molecule has 2 N–H and O–H groups in total. The molecule has 242 valence electrons. The summed E-state index contributed by atoms with van der Waals surface area (Å²) in [6.45, 7) is 12.8. The molecule has 0 unspecified atom stereocenters. The van der Waals surface area contributed by atoms with Crippen LogP contribution in [0.25, 0.3) is 0 Å². The molecule has 0 amide bonds. The molecule has 0 radical (unpaired) electrons. The molecule has 5 nitrogen and oxygen atoms in total. The molecule has 0 spiro atoms. The van der Waals surface area contributed by atoms with Gasteiger partial charge in [-0.2, -0.15) is 5.90 Å². The van der Waals surface area contributed by atoms with Gasteiger partial charge in [0.1, 0.15) is 5.75 Å². The molecule has 0 aliphatic heterocycles. The summed E-state index contributed by atoms with van der Waals surface area (Å²) in [5.41, 5.74) is 4.62. The van der Waals surface area contributed by atoms with Crippen molar-refractivity contribution < 1.29 is 17.9 Å². The van der Waals surface area contributed by atoms with E-state index in [0.29, 0.717) is 17.3 Å². The maximum absolute atomic E-state index is 7.38. The van der Waals surface area contributed by atoms with Crippen LogP contribution in [0.4, 0.5) is 0 Å². The number of aryl methyl sites for hydroxylation is 2. The Morgan fingerprint density at radius 3 is 2.24 bits per heavy atom. The lowest BCUT2D eigenvalue weighted by molar-refractivity contribution is -0.199. The minimum atomic E-state index is -2.51. The van der Waals surface area contributed by atoms with Crippen LogP contribution in [-0.2, 0) is 26.6 Å². The van der Waals surface area contributed by atoms with Gasteiger partial charge in [0.2, 0.25) is 0 Å². The van der Waals surface area contributed by atoms with Crippen molar-refractivity contribution in [3.8, 4) is 5.75 Å². The lowest BCUT2D eigenvalue weighted by Gasteiger charge is -2.51. The first-order valence-corrected chi connectivity index (χ1v) is 19.6. The van der Waals surface area contributed by atoms with Crippen LogP contribution < -0.4 is 20.5 Å². The molecule has 6 rings (SSSR count). The van der Waals surface area contributed by atoms with Gasteiger partial charge in [-0.25, -0.2) is 0 Å². The molecule has 3 aliphatic rings. The summed E-state index contributed by atoms with van der Waals surface area (Å²) in [5.74, 6) is 8.76. The summed E-state index contributed by atoms with van der Waals surface area (Å²) < 4.78 is 17.9. The van der Waals surface area contributed by atoms with Crippen LogP contribution in [0.1, 0.15) is 95.8 Å². The Balaban J connectivity index is 1.19. The molecule has 0 saturated heterocycles. The highest BCUT2D eigenvalue weighted by molar-refractivity contribution is 7.90. The van der Waals surface area contributed by atoms with Gasteiger partial charge in [0.15, 0.2) is 0 Å². The van der Waals surface area contributed by atoms with Crippen LogP contribution in [0.15, 0.2) is 72.8 Å². The van der Waals surface area contributed by atoms with Crippen molar-refractivity contribution in [3.63, 3.8) is 0 Å². The molecular formula is C38H51NO4SSi. The lowest BCUT2D eigenvalue weighted by Crippen LogP contribution is -2.66. The van der Waals surface area contributed by atoms with E-state index in [1.807, 2.05) is 0 Å². The number of benzene rings is 3. The fourth-order valence-corrected chi connectivity index (χ4v) is 14.6. The van der Waals surface area contributed by atoms with Crippen molar-refractivity contribution in [1.29, 1.82) is 0 Å². The maximum atomic E-state index is 7.38. The second-order valence-electron chi connectivity index (χ2n) is 14.9. The monoisotopic (exact) mass is 645 g/mol. The maximum Gasteiger partial charge on any atom is 0.261 e. The van der Waals surface area contributed by atoms with E-state index in [1.54, 1.807) is 5.56 Å². The van der Waals surface area contributed by atoms with E-state index in [2.05, 4.69) is 112 Å². The second kappa shape index (κ2) is 13.5. The predicted molar refractivity (Wildman–Crippen MR) is 187 cm³/mol. The van der Waals surface area contributed by atoms with Crippen molar-refractivity contribution in [1.82, 2.24) is 0 Å². The van der Waals surface area contributed by atoms with Crippen molar-refractivity contribution in [3.05, 3.63) is 89.5 Å². The molecule has 45 heavy (non-hydrogen) atoms. The van der Waals surface area contributed by atoms with Gasteiger partial charge in [-0.15, -0.1) is 9.32 Å². The van der Waals surface area contributed by atoms with Gasteiger partial charge in [0, 0.05) is 6.61 Å². The van der Waals surface area contributed by atoms with Crippen molar-refractivity contribution in [2.75, 3.05) is 6.61 Å². The molecule has 5 atom stereocenters. The Hall–Kier alpha value is -2.13. The van der Waals surface area contributed by atoms with Crippen LogP contribution in [-0.4, -0.2) is 14.9 Å². The number of nitrogens with two attached hydrogens (primary N) is 1. The third-order valence-corrected chi connectivity index (χ3v) is 17.3. The molecule has 2 saturated carbocycles. The van der Waals surface area contributed by atoms with Gasteiger partial charge in [-0.1, -0.05) is 101 Å². The van der Waals surface area contributed by atoms with Gasteiger partial charge < -0.3 is 8.61 Å². The standard InChI is InChI=1S/C38H51NO4SSi/c1-6-27-25-34-28(26-36(27)41-44-43-42-39)17-19-33-32(34)21-23-38(5)29(18-20-35(33)38)22-24-40-45(37(2,3)4,30-13-9-7-10-14-30)31-15-11-8-12-16-31/h7-16,25-26,29,32-33,35H,6,17-24,39H2,1-5H3/t29-,32+,33-,35+,38-/m1/s1. The molecule has 7 heteroatoms. The average molecular weight is 646 g/mol. The fourth-order valence-electron chi connectivity index (χ4n) is 9.77. The summed E-state index contributed by atoms with van der Waals surface area (Å²) in [6.07, 6.45) is 9.71. The lowest BCUT2D eigenvalue weighted by atomic mass is 9.54. The number of hydrogen-bond acceptors (Lipinski definition) is 6. The zero-order chi connectivity index (χ0) is 31.7. The molecule has 2 fully saturated rings. The minimum Gasteiger partial charge on any atom is -0.407 e. The van der Waals surface area contributed by atoms with Crippen LogP contribution in [0.2, 0.25) is 5.04 Å². The summed E-state index contributed by atoms with van der Waals surface area (Å²) in [7, 11) is -2.51. The van der Waals surface area contributed by atoms with E-state index < -0.39 is 8.32 Å². The SMILES string of the molecule is CCc1cc2c(cc1OSOON)CC[C@@H]1[C@@H]2CC[C@]2(C)[C@@H](CCO[Si](c3ccccc3)(c3ccccc3)C(C)(C)C)CC[C@@H]12. The normalized spacial score (nSPS) is 26.2. The number of rotatable bonds is 11. The van der Waals surface area contributed by atoms with E-state index in [-0.39, 0.29) is 5.04 Å². The molecule has 3 aromatic carbocycles. The third-order valence-electron chi connectivity index (χ3n) is 11.9. The van der Waals surface area contributed by atoms with Crippen LogP contribution >= 0.6 is 12.3 Å². The largest absolute Gasteiger partial charge is 0.407 e. The van der Waals surface area contributed by atoms with Crippen molar-refractivity contribution in [2.45, 2.75) is 96.9 Å². The van der Waals surface area contributed by atoms with Crippen LogP contribution in [0.3, 0.4) is 0 Å². The quantitative estimate of drug-likeness (QED) is 0.0742. The highest BCUT2D eigenvalue weighted by Crippen LogP contribution is 2.64. The average Bonchev–Trinajstić information content (AvgIpc) is 3.39. The summed E-state index contributed by atoms with van der Waals surface area (Å²) >= 11 is 0.773. The van der Waals surface area contributed by atoms with Crippen molar-refractivity contribution in [2.24, 2.45) is 29.1 Å². The first kappa shape index (κ1) is 32.8. The van der Waals surface area contributed by atoms with E-state index in [9.17, 15) is 0 Å². The fraction of sp³-hybridized carbons (Fsp3) is 0.526. The number of fused-ring (bicyclic) bond motifs is 5. The first-order valence-electron chi connectivity index (χ1n) is 17.0.